The monoisotopic (exact) mass is 358 g/mol. The lowest BCUT2D eigenvalue weighted by molar-refractivity contribution is -0.138. The summed E-state index contributed by atoms with van der Waals surface area (Å²) in [4.78, 5) is 30.9. The van der Waals surface area contributed by atoms with E-state index in [4.69, 9.17) is 14.3 Å². The zero-order valence-electron chi connectivity index (χ0n) is 14.3. The molecule has 136 valence electrons. The molecule has 1 amide bonds. The first-order valence-electron chi connectivity index (χ1n) is 8.19. The zero-order chi connectivity index (χ0) is 18.5. The third-order valence-corrected chi connectivity index (χ3v) is 5.40. The van der Waals surface area contributed by atoms with Gasteiger partial charge >= 0.3 is 5.97 Å². The summed E-state index contributed by atoms with van der Waals surface area (Å²) in [6.45, 7) is 0.134. The van der Waals surface area contributed by atoms with Gasteiger partial charge in [0.2, 0.25) is 0 Å². The number of oxime groups is 1. The number of carbonyl (C=O) groups excluding carboxylic acids is 2. The van der Waals surface area contributed by atoms with Crippen LogP contribution in [0.1, 0.15) is 12.0 Å². The SMILES string of the molecule is COC(=O)C1=CC2OCC1C(=NO)CC21C(=O)N(OC)c2ccccc21. The molecule has 3 atom stereocenters. The van der Waals surface area contributed by atoms with E-state index in [-0.39, 0.29) is 18.9 Å². The van der Waals surface area contributed by atoms with Gasteiger partial charge in [-0.2, -0.15) is 5.06 Å². The number of nitrogens with zero attached hydrogens (tertiary/aromatic N) is 2. The summed E-state index contributed by atoms with van der Waals surface area (Å²) in [6, 6.07) is 7.24. The van der Waals surface area contributed by atoms with Crippen LogP contribution < -0.4 is 5.06 Å². The average molecular weight is 358 g/mol. The third-order valence-electron chi connectivity index (χ3n) is 5.40. The van der Waals surface area contributed by atoms with Gasteiger partial charge in [-0.1, -0.05) is 23.4 Å². The number of hydrogen-bond acceptors (Lipinski definition) is 7. The minimum absolute atomic E-state index is 0.117. The van der Waals surface area contributed by atoms with Crippen molar-refractivity contribution < 1.29 is 29.1 Å². The van der Waals surface area contributed by atoms with Crippen molar-refractivity contribution in [1.29, 1.82) is 0 Å². The molecule has 1 saturated heterocycles. The van der Waals surface area contributed by atoms with Crippen LogP contribution in [0.4, 0.5) is 5.69 Å². The fraction of sp³-hybridized carbons (Fsp3) is 0.389. The Hall–Kier alpha value is -2.71. The minimum atomic E-state index is -1.17. The van der Waals surface area contributed by atoms with E-state index in [9.17, 15) is 14.8 Å². The van der Waals surface area contributed by atoms with E-state index in [0.717, 1.165) is 0 Å². The van der Waals surface area contributed by atoms with Gasteiger partial charge in [0.05, 0.1) is 44.2 Å². The largest absolute Gasteiger partial charge is 0.466 e. The second-order valence-electron chi connectivity index (χ2n) is 6.46. The summed E-state index contributed by atoms with van der Waals surface area (Å²) in [5.41, 5.74) is 0.802. The molecule has 1 aromatic rings. The van der Waals surface area contributed by atoms with Crippen molar-refractivity contribution in [1.82, 2.24) is 0 Å². The Balaban J connectivity index is 1.96. The molecule has 3 aliphatic heterocycles. The molecule has 1 spiro atoms. The van der Waals surface area contributed by atoms with E-state index in [2.05, 4.69) is 5.16 Å². The molecule has 5 rings (SSSR count). The molecule has 0 radical (unpaired) electrons. The molecule has 8 nitrogen and oxygen atoms in total. The fourth-order valence-corrected chi connectivity index (χ4v) is 4.18. The highest BCUT2D eigenvalue weighted by molar-refractivity contribution is 6.12. The van der Waals surface area contributed by atoms with E-state index in [1.54, 1.807) is 12.1 Å². The van der Waals surface area contributed by atoms with Gasteiger partial charge in [0.25, 0.3) is 5.91 Å². The summed E-state index contributed by atoms with van der Waals surface area (Å²) in [7, 11) is 2.70. The van der Waals surface area contributed by atoms with E-state index in [1.807, 2.05) is 18.2 Å². The number of hydrogen-bond donors (Lipinski definition) is 1. The van der Waals surface area contributed by atoms with Gasteiger partial charge < -0.3 is 14.7 Å². The second kappa shape index (κ2) is 5.93. The number of ether oxygens (including phenoxy) is 2. The van der Waals surface area contributed by atoms with Gasteiger partial charge in [0, 0.05) is 12.0 Å². The van der Waals surface area contributed by atoms with Crippen LogP contribution in [0.3, 0.4) is 0 Å². The van der Waals surface area contributed by atoms with Crippen molar-refractivity contribution in [2.45, 2.75) is 17.9 Å². The quantitative estimate of drug-likeness (QED) is 0.484. The maximum Gasteiger partial charge on any atom is 0.334 e. The Morgan fingerprint density at radius 1 is 1.38 bits per heavy atom. The lowest BCUT2D eigenvalue weighted by Gasteiger charge is -2.33. The number of carbonyl (C=O) groups is 2. The van der Waals surface area contributed by atoms with E-state index >= 15 is 0 Å². The Morgan fingerprint density at radius 3 is 2.85 bits per heavy atom. The Kier molecular flexibility index (Phi) is 3.82. The van der Waals surface area contributed by atoms with Gasteiger partial charge in [-0.05, 0) is 17.7 Å². The van der Waals surface area contributed by atoms with E-state index < -0.39 is 23.4 Å². The fourth-order valence-electron chi connectivity index (χ4n) is 4.18. The van der Waals surface area contributed by atoms with Crippen LogP contribution in [-0.2, 0) is 29.3 Å². The maximum absolute atomic E-state index is 13.4. The highest BCUT2D eigenvalue weighted by Crippen LogP contribution is 2.51. The van der Waals surface area contributed by atoms with Crippen LogP contribution in [0.2, 0.25) is 0 Å². The van der Waals surface area contributed by atoms with Gasteiger partial charge in [-0.15, -0.1) is 0 Å². The Morgan fingerprint density at radius 2 is 2.15 bits per heavy atom. The predicted octanol–water partition coefficient (Wildman–Crippen LogP) is 1.18. The third kappa shape index (κ3) is 1.99. The zero-order valence-corrected chi connectivity index (χ0v) is 14.3. The average Bonchev–Trinajstić information content (AvgIpc) is 2.80. The highest BCUT2D eigenvalue weighted by atomic mass is 16.7. The van der Waals surface area contributed by atoms with Crippen LogP contribution >= 0.6 is 0 Å². The summed E-state index contributed by atoms with van der Waals surface area (Å²) >= 11 is 0. The molecule has 1 N–H and O–H groups in total. The van der Waals surface area contributed by atoms with Crippen molar-refractivity contribution >= 4 is 23.3 Å². The van der Waals surface area contributed by atoms with Crippen molar-refractivity contribution in [2.75, 3.05) is 25.9 Å². The molecular formula is C18H18N2O6. The molecule has 3 heterocycles. The number of anilines is 1. The van der Waals surface area contributed by atoms with Crippen molar-refractivity contribution in [3.8, 4) is 0 Å². The molecule has 0 saturated carbocycles. The van der Waals surface area contributed by atoms with Crippen LogP contribution in [0.15, 0.2) is 41.1 Å². The number of amides is 1. The van der Waals surface area contributed by atoms with E-state index in [0.29, 0.717) is 22.5 Å². The molecule has 2 bridgehead atoms. The number of hydroxylamine groups is 1. The molecule has 3 unspecified atom stereocenters. The number of para-hydroxylation sites is 1. The molecular weight excluding hydrogens is 340 g/mol. The summed E-state index contributed by atoms with van der Waals surface area (Å²) < 4.78 is 10.8. The van der Waals surface area contributed by atoms with Gasteiger partial charge in [-0.25, -0.2) is 4.79 Å². The number of fused-ring (bicyclic) bond motifs is 3. The van der Waals surface area contributed by atoms with Crippen LogP contribution in [0, 0.1) is 5.92 Å². The first-order valence-corrected chi connectivity index (χ1v) is 8.19. The number of methoxy groups -OCH3 is 1. The van der Waals surface area contributed by atoms with Crippen molar-refractivity contribution in [2.24, 2.45) is 11.1 Å². The van der Waals surface area contributed by atoms with E-state index in [1.165, 1.54) is 19.3 Å². The first-order chi connectivity index (χ1) is 12.6. The second-order valence-corrected chi connectivity index (χ2v) is 6.46. The molecule has 0 aromatic heterocycles. The van der Waals surface area contributed by atoms with Crippen molar-refractivity contribution in [3.63, 3.8) is 0 Å². The highest BCUT2D eigenvalue weighted by Gasteiger charge is 2.60. The summed E-state index contributed by atoms with van der Waals surface area (Å²) in [6.07, 6.45) is 1.03. The molecule has 1 fully saturated rings. The maximum atomic E-state index is 13.4. The van der Waals surface area contributed by atoms with Gasteiger partial charge in [0.1, 0.15) is 5.41 Å². The summed E-state index contributed by atoms with van der Waals surface area (Å²) in [5.74, 6) is -1.40. The normalized spacial score (nSPS) is 31.2. The number of rotatable bonds is 2. The molecule has 4 aliphatic rings. The topological polar surface area (TPSA) is 97.7 Å². The smallest absolute Gasteiger partial charge is 0.334 e. The van der Waals surface area contributed by atoms with Gasteiger partial charge in [0.15, 0.2) is 0 Å². The standard InChI is InChI=1S/C18H18N2O6/c1-24-16(21)10-7-15-18(8-13(19-23)11(10)9-26-15)12-5-3-4-6-14(12)20(25-2)17(18)22/h3-7,11,15,23H,8-9H2,1-2H3. The van der Waals surface area contributed by atoms with Crippen LogP contribution in [0.25, 0.3) is 0 Å². The van der Waals surface area contributed by atoms with Crippen LogP contribution in [-0.4, -0.2) is 49.7 Å². The van der Waals surface area contributed by atoms with Crippen molar-refractivity contribution in [3.05, 3.63) is 41.5 Å². The summed E-state index contributed by atoms with van der Waals surface area (Å²) in [5, 5.41) is 14.2. The number of benzene rings is 1. The number of esters is 1. The molecule has 1 aliphatic carbocycles. The lowest BCUT2D eigenvalue weighted by Crippen LogP contribution is -2.49. The Labute approximate surface area is 149 Å². The molecule has 8 heteroatoms. The van der Waals surface area contributed by atoms with Crippen LogP contribution in [0.5, 0.6) is 0 Å². The minimum Gasteiger partial charge on any atom is -0.466 e. The molecule has 1 aromatic carbocycles. The Bertz CT molecular complexity index is 848. The predicted molar refractivity (Wildman–Crippen MR) is 89.8 cm³/mol. The van der Waals surface area contributed by atoms with Gasteiger partial charge in [-0.3, -0.25) is 9.63 Å². The lowest BCUT2D eigenvalue weighted by atomic mass is 9.73. The molecule has 26 heavy (non-hydrogen) atoms. The first kappa shape index (κ1) is 16.7.